The quantitative estimate of drug-likeness (QED) is 0.552. The van der Waals surface area contributed by atoms with E-state index in [2.05, 4.69) is 20.6 Å². The van der Waals surface area contributed by atoms with Crippen LogP contribution in [0.2, 0.25) is 0 Å². The van der Waals surface area contributed by atoms with Gasteiger partial charge in [-0.05, 0) is 35.9 Å². The summed E-state index contributed by atoms with van der Waals surface area (Å²) >= 11 is 0. The molecule has 0 saturated carbocycles. The third-order valence-electron chi connectivity index (χ3n) is 4.25. The minimum absolute atomic E-state index is 0.265. The van der Waals surface area contributed by atoms with Crippen LogP contribution in [0.4, 0.5) is 10.5 Å². The van der Waals surface area contributed by atoms with Crippen molar-refractivity contribution in [1.29, 1.82) is 0 Å². The average molecular weight is 373 g/mol. The van der Waals surface area contributed by atoms with E-state index in [-0.39, 0.29) is 6.03 Å². The van der Waals surface area contributed by atoms with E-state index in [1.54, 1.807) is 24.3 Å². The van der Waals surface area contributed by atoms with Crippen molar-refractivity contribution in [2.24, 2.45) is 7.05 Å². The zero-order valence-electron chi connectivity index (χ0n) is 15.3. The van der Waals surface area contributed by atoms with Crippen LogP contribution in [0.3, 0.4) is 0 Å². The molecule has 0 aliphatic carbocycles. The fourth-order valence-electron chi connectivity index (χ4n) is 2.83. The number of anilines is 1. The molecule has 0 bridgehead atoms. The molecule has 2 aromatic heterocycles. The van der Waals surface area contributed by atoms with E-state index < -0.39 is 0 Å². The van der Waals surface area contributed by atoms with Crippen LogP contribution in [0.25, 0.3) is 11.0 Å². The minimum Gasteiger partial charge on any atom is -0.437 e. The molecule has 0 aliphatic heterocycles. The summed E-state index contributed by atoms with van der Waals surface area (Å²) < 4.78 is 7.81. The second-order valence-corrected chi connectivity index (χ2v) is 6.26. The molecule has 0 radical (unpaired) electrons. The molecule has 28 heavy (non-hydrogen) atoms. The zero-order chi connectivity index (χ0) is 19.3. The maximum atomic E-state index is 12.0. The van der Waals surface area contributed by atoms with Crippen molar-refractivity contribution >= 4 is 22.8 Å². The van der Waals surface area contributed by atoms with E-state index in [1.807, 2.05) is 54.2 Å². The fraction of sp³-hybridized carbons (Fsp3) is 0.0952. The number of nitrogens with zero attached hydrogens (tertiary/aromatic N) is 3. The number of aromatic nitrogens is 3. The number of carbonyl (C=O) groups is 1. The highest BCUT2D eigenvalue weighted by Gasteiger charge is 2.10. The molecule has 4 rings (SSSR count). The number of aryl methyl sites for hydroxylation is 1. The molecule has 0 aliphatic rings. The molecule has 4 aromatic rings. The lowest BCUT2D eigenvalue weighted by Gasteiger charge is -2.10. The standard InChI is InChI=1S/C21H19N5O2/c1-26-12-11-18-19(26)20(24-14-23-18)28-17-9-7-16(8-10-17)25-21(27)22-13-15-5-3-2-4-6-15/h2-12,14H,13H2,1H3,(H2,22,25,27). The van der Waals surface area contributed by atoms with E-state index in [0.717, 1.165) is 16.6 Å². The summed E-state index contributed by atoms with van der Waals surface area (Å²) in [6, 6.07) is 18.5. The van der Waals surface area contributed by atoms with Crippen molar-refractivity contribution in [3.05, 3.63) is 78.8 Å². The SMILES string of the molecule is Cn1ccc2ncnc(Oc3ccc(NC(=O)NCc4ccccc4)cc3)c21. The van der Waals surface area contributed by atoms with E-state index >= 15 is 0 Å². The van der Waals surface area contributed by atoms with Crippen LogP contribution >= 0.6 is 0 Å². The summed E-state index contributed by atoms with van der Waals surface area (Å²) in [7, 11) is 1.92. The van der Waals surface area contributed by atoms with Gasteiger partial charge in [0, 0.05) is 25.5 Å². The summed E-state index contributed by atoms with van der Waals surface area (Å²) in [4.78, 5) is 20.5. The molecular formula is C21H19N5O2. The number of amides is 2. The number of nitrogens with one attached hydrogen (secondary N) is 2. The smallest absolute Gasteiger partial charge is 0.319 e. The number of rotatable bonds is 5. The average Bonchev–Trinajstić information content (AvgIpc) is 3.11. The summed E-state index contributed by atoms with van der Waals surface area (Å²) in [5.74, 6) is 1.11. The first-order valence-electron chi connectivity index (χ1n) is 8.82. The molecule has 0 atom stereocenters. The van der Waals surface area contributed by atoms with Gasteiger partial charge >= 0.3 is 6.03 Å². The van der Waals surface area contributed by atoms with Gasteiger partial charge in [0.2, 0.25) is 5.88 Å². The van der Waals surface area contributed by atoms with Crippen molar-refractivity contribution in [1.82, 2.24) is 19.9 Å². The first-order chi connectivity index (χ1) is 13.7. The highest BCUT2D eigenvalue weighted by Crippen LogP contribution is 2.27. The van der Waals surface area contributed by atoms with Gasteiger partial charge < -0.3 is 19.9 Å². The second-order valence-electron chi connectivity index (χ2n) is 6.26. The number of benzene rings is 2. The highest BCUT2D eigenvalue weighted by molar-refractivity contribution is 5.89. The first-order valence-corrected chi connectivity index (χ1v) is 8.82. The Bertz CT molecular complexity index is 1090. The van der Waals surface area contributed by atoms with Crippen LogP contribution in [0.1, 0.15) is 5.56 Å². The van der Waals surface area contributed by atoms with Crippen LogP contribution in [0.15, 0.2) is 73.2 Å². The van der Waals surface area contributed by atoms with Gasteiger partial charge in [-0.25, -0.2) is 9.78 Å². The number of carbonyl (C=O) groups excluding carboxylic acids is 1. The van der Waals surface area contributed by atoms with Gasteiger partial charge in [-0.1, -0.05) is 30.3 Å². The van der Waals surface area contributed by atoms with Crippen molar-refractivity contribution in [2.45, 2.75) is 6.54 Å². The molecule has 0 saturated heterocycles. The summed E-state index contributed by atoms with van der Waals surface area (Å²) in [5, 5.41) is 5.63. The number of hydrogen-bond acceptors (Lipinski definition) is 4. The zero-order valence-corrected chi connectivity index (χ0v) is 15.3. The molecule has 2 aromatic carbocycles. The predicted octanol–water partition coefficient (Wildman–Crippen LogP) is 4.08. The first kappa shape index (κ1) is 17.5. The largest absolute Gasteiger partial charge is 0.437 e. The second kappa shape index (κ2) is 7.79. The van der Waals surface area contributed by atoms with E-state index in [4.69, 9.17) is 4.74 Å². The Balaban J connectivity index is 1.38. The molecule has 2 heterocycles. The molecule has 2 amide bonds. The Morgan fingerprint density at radius 1 is 1.04 bits per heavy atom. The number of ether oxygens (including phenoxy) is 1. The van der Waals surface area contributed by atoms with Gasteiger partial charge in [-0.3, -0.25) is 0 Å². The van der Waals surface area contributed by atoms with E-state index in [9.17, 15) is 4.79 Å². The van der Waals surface area contributed by atoms with Crippen LogP contribution in [-0.2, 0) is 13.6 Å². The lowest BCUT2D eigenvalue weighted by Crippen LogP contribution is -2.28. The third-order valence-corrected chi connectivity index (χ3v) is 4.25. The number of urea groups is 1. The highest BCUT2D eigenvalue weighted by atomic mass is 16.5. The third kappa shape index (κ3) is 3.93. The van der Waals surface area contributed by atoms with E-state index in [0.29, 0.717) is 23.9 Å². The molecular weight excluding hydrogens is 354 g/mol. The monoisotopic (exact) mass is 373 g/mol. The summed E-state index contributed by atoms with van der Waals surface area (Å²) in [6.45, 7) is 0.467. The Morgan fingerprint density at radius 3 is 2.61 bits per heavy atom. The van der Waals surface area contributed by atoms with E-state index in [1.165, 1.54) is 6.33 Å². The van der Waals surface area contributed by atoms with Crippen molar-refractivity contribution < 1.29 is 9.53 Å². The molecule has 0 spiro atoms. The van der Waals surface area contributed by atoms with Gasteiger partial charge in [0.15, 0.2) is 0 Å². The predicted molar refractivity (Wildman–Crippen MR) is 107 cm³/mol. The lowest BCUT2D eigenvalue weighted by molar-refractivity contribution is 0.251. The minimum atomic E-state index is -0.265. The van der Waals surface area contributed by atoms with Gasteiger partial charge in [-0.2, -0.15) is 4.98 Å². The molecule has 0 fully saturated rings. The lowest BCUT2D eigenvalue weighted by atomic mass is 10.2. The molecule has 140 valence electrons. The van der Waals surface area contributed by atoms with Crippen LogP contribution in [-0.4, -0.2) is 20.6 Å². The Morgan fingerprint density at radius 2 is 1.82 bits per heavy atom. The Labute approximate surface area is 162 Å². The van der Waals surface area contributed by atoms with Gasteiger partial charge in [-0.15, -0.1) is 0 Å². The molecule has 7 heteroatoms. The number of fused-ring (bicyclic) bond motifs is 1. The van der Waals surface area contributed by atoms with Crippen LogP contribution < -0.4 is 15.4 Å². The Hall–Kier alpha value is -3.87. The Kier molecular flexibility index (Phi) is 4.88. The van der Waals surface area contributed by atoms with Gasteiger partial charge in [0.05, 0.1) is 5.52 Å². The van der Waals surface area contributed by atoms with Crippen LogP contribution in [0.5, 0.6) is 11.6 Å². The van der Waals surface area contributed by atoms with Crippen molar-refractivity contribution in [3.8, 4) is 11.6 Å². The maximum absolute atomic E-state index is 12.0. The van der Waals surface area contributed by atoms with Crippen LogP contribution in [0, 0.1) is 0 Å². The van der Waals surface area contributed by atoms with Crippen molar-refractivity contribution in [3.63, 3.8) is 0 Å². The van der Waals surface area contributed by atoms with Gasteiger partial charge in [0.1, 0.15) is 17.6 Å². The summed E-state index contributed by atoms with van der Waals surface area (Å²) in [6.07, 6.45) is 3.39. The normalized spacial score (nSPS) is 10.6. The molecule has 7 nitrogen and oxygen atoms in total. The fourth-order valence-corrected chi connectivity index (χ4v) is 2.83. The molecule has 2 N–H and O–H groups in total. The topological polar surface area (TPSA) is 81.1 Å². The number of hydrogen-bond donors (Lipinski definition) is 2. The summed E-state index contributed by atoms with van der Waals surface area (Å²) in [5.41, 5.74) is 3.36. The molecule has 0 unspecified atom stereocenters. The van der Waals surface area contributed by atoms with Crippen molar-refractivity contribution in [2.75, 3.05) is 5.32 Å². The van der Waals surface area contributed by atoms with Gasteiger partial charge in [0.25, 0.3) is 0 Å². The maximum Gasteiger partial charge on any atom is 0.319 e.